The SMILES string of the molecule is CC(=O)Nc1cccc(CNC(=O)c2ccc(Cn3nc(C)cc3C)cc2)c1. The van der Waals surface area contributed by atoms with Gasteiger partial charge in [0.2, 0.25) is 5.91 Å². The van der Waals surface area contributed by atoms with Gasteiger partial charge in [-0.2, -0.15) is 5.10 Å². The molecule has 0 aliphatic carbocycles. The molecule has 2 aromatic carbocycles. The quantitative estimate of drug-likeness (QED) is 0.692. The van der Waals surface area contributed by atoms with E-state index in [9.17, 15) is 9.59 Å². The van der Waals surface area contributed by atoms with E-state index in [1.165, 1.54) is 6.92 Å². The Balaban J connectivity index is 1.59. The minimum absolute atomic E-state index is 0.123. The molecule has 3 rings (SSSR count). The zero-order chi connectivity index (χ0) is 20.1. The van der Waals surface area contributed by atoms with Crippen molar-refractivity contribution in [3.8, 4) is 0 Å². The van der Waals surface area contributed by atoms with Gasteiger partial charge in [0, 0.05) is 30.4 Å². The van der Waals surface area contributed by atoms with Crippen molar-refractivity contribution in [1.29, 1.82) is 0 Å². The van der Waals surface area contributed by atoms with Crippen LogP contribution < -0.4 is 10.6 Å². The average Bonchev–Trinajstić information content (AvgIpc) is 2.97. The van der Waals surface area contributed by atoms with E-state index in [-0.39, 0.29) is 11.8 Å². The van der Waals surface area contributed by atoms with Crippen LogP contribution in [-0.2, 0) is 17.9 Å². The molecule has 6 nitrogen and oxygen atoms in total. The van der Waals surface area contributed by atoms with Crippen LogP contribution in [0.4, 0.5) is 5.69 Å². The van der Waals surface area contributed by atoms with E-state index in [4.69, 9.17) is 0 Å². The third-order valence-corrected chi connectivity index (χ3v) is 4.35. The summed E-state index contributed by atoms with van der Waals surface area (Å²) in [4.78, 5) is 23.6. The number of carbonyl (C=O) groups excluding carboxylic acids is 2. The molecule has 2 amide bonds. The summed E-state index contributed by atoms with van der Waals surface area (Å²) in [6.07, 6.45) is 0. The lowest BCUT2D eigenvalue weighted by Crippen LogP contribution is -2.22. The highest BCUT2D eigenvalue weighted by Crippen LogP contribution is 2.12. The van der Waals surface area contributed by atoms with Gasteiger partial charge in [-0.25, -0.2) is 0 Å². The molecule has 0 saturated heterocycles. The summed E-state index contributed by atoms with van der Waals surface area (Å²) < 4.78 is 1.95. The molecule has 28 heavy (non-hydrogen) atoms. The highest BCUT2D eigenvalue weighted by Gasteiger charge is 2.07. The molecule has 0 unspecified atom stereocenters. The van der Waals surface area contributed by atoms with E-state index in [0.717, 1.165) is 22.5 Å². The summed E-state index contributed by atoms with van der Waals surface area (Å²) in [5.41, 5.74) is 5.44. The number of carbonyl (C=O) groups is 2. The fourth-order valence-corrected chi connectivity index (χ4v) is 3.02. The summed E-state index contributed by atoms with van der Waals surface area (Å²) >= 11 is 0. The number of hydrogen-bond acceptors (Lipinski definition) is 3. The molecule has 1 heterocycles. The van der Waals surface area contributed by atoms with Crippen LogP contribution in [0.5, 0.6) is 0 Å². The molecule has 0 atom stereocenters. The number of aryl methyl sites for hydroxylation is 2. The van der Waals surface area contributed by atoms with Gasteiger partial charge in [-0.1, -0.05) is 24.3 Å². The van der Waals surface area contributed by atoms with Gasteiger partial charge in [0.05, 0.1) is 12.2 Å². The standard InChI is InChI=1S/C22H24N4O2/c1-15-11-16(2)26(25-15)14-18-7-9-20(10-8-18)22(28)23-13-19-5-4-6-21(12-19)24-17(3)27/h4-12H,13-14H2,1-3H3,(H,23,28)(H,24,27). The van der Waals surface area contributed by atoms with Gasteiger partial charge >= 0.3 is 0 Å². The first kappa shape index (κ1) is 19.4. The van der Waals surface area contributed by atoms with Crippen LogP contribution in [0.15, 0.2) is 54.6 Å². The minimum atomic E-state index is -0.136. The monoisotopic (exact) mass is 376 g/mol. The van der Waals surface area contributed by atoms with Crippen LogP contribution in [-0.4, -0.2) is 21.6 Å². The lowest BCUT2D eigenvalue weighted by Gasteiger charge is -2.09. The smallest absolute Gasteiger partial charge is 0.251 e. The Morgan fingerprint density at radius 2 is 1.75 bits per heavy atom. The number of rotatable bonds is 6. The molecule has 3 aromatic rings. The number of nitrogens with zero attached hydrogens (tertiary/aromatic N) is 2. The Morgan fingerprint density at radius 3 is 2.39 bits per heavy atom. The normalized spacial score (nSPS) is 10.5. The largest absolute Gasteiger partial charge is 0.348 e. The predicted molar refractivity (Wildman–Crippen MR) is 109 cm³/mol. The van der Waals surface area contributed by atoms with Gasteiger partial charge in [0.25, 0.3) is 5.91 Å². The third kappa shape index (κ3) is 5.07. The maximum absolute atomic E-state index is 12.4. The van der Waals surface area contributed by atoms with Crippen molar-refractivity contribution in [3.05, 3.63) is 82.7 Å². The summed E-state index contributed by atoms with van der Waals surface area (Å²) in [6.45, 7) is 6.54. The summed E-state index contributed by atoms with van der Waals surface area (Å²) in [6, 6.07) is 17.0. The zero-order valence-electron chi connectivity index (χ0n) is 16.3. The second-order valence-electron chi connectivity index (χ2n) is 6.85. The van der Waals surface area contributed by atoms with E-state index in [2.05, 4.69) is 15.7 Å². The fraction of sp³-hybridized carbons (Fsp3) is 0.227. The summed E-state index contributed by atoms with van der Waals surface area (Å²) in [5.74, 6) is -0.260. The van der Waals surface area contributed by atoms with Crippen LogP contribution in [0.3, 0.4) is 0 Å². The van der Waals surface area contributed by atoms with E-state index in [1.54, 1.807) is 0 Å². The van der Waals surface area contributed by atoms with E-state index in [0.29, 0.717) is 24.3 Å². The predicted octanol–water partition coefficient (Wildman–Crippen LogP) is 3.44. The Labute approximate surface area is 164 Å². The number of hydrogen-bond donors (Lipinski definition) is 2. The molecule has 0 spiro atoms. The van der Waals surface area contributed by atoms with E-state index < -0.39 is 0 Å². The van der Waals surface area contributed by atoms with Crippen molar-refractivity contribution in [3.63, 3.8) is 0 Å². The molecule has 144 valence electrons. The van der Waals surface area contributed by atoms with Crippen molar-refractivity contribution >= 4 is 17.5 Å². The van der Waals surface area contributed by atoms with Gasteiger partial charge in [-0.05, 0) is 55.3 Å². The molecular weight excluding hydrogens is 352 g/mol. The van der Waals surface area contributed by atoms with Crippen LogP contribution in [0.2, 0.25) is 0 Å². The second-order valence-corrected chi connectivity index (χ2v) is 6.85. The van der Waals surface area contributed by atoms with Gasteiger partial charge in [-0.15, -0.1) is 0 Å². The zero-order valence-corrected chi connectivity index (χ0v) is 16.3. The molecule has 1 aromatic heterocycles. The molecule has 0 saturated carbocycles. The van der Waals surface area contributed by atoms with Gasteiger partial charge in [0.1, 0.15) is 0 Å². The Bertz CT molecular complexity index is 990. The summed E-state index contributed by atoms with van der Waals surface area (Å²) in [7, 11) is 0. The first-order valence-electron chi connectivity index (χ1n) is 9.15. The average molecular weight is 376 g/mol. The highest BCUT2D eigenvalue weighted by molar-refractivity contribution is 5.94. The third-order valence-electron chi connectivity index (χ3n) is 4.35. The topological polar surface area (TPSA) is 76.0 Å². The number of anilines is 1. The number of nitrogens with one attached hydrogen (secondary N) is 2. The number of benzene rings is 2. The second kappa shape index (κ2) is 8.52. The molecular formula is C22H24N4O2. The minimum Gasteiger partial charge on any atom is -0.348 e. The summed E-state index contributed by atoms with van der Waals surface area (Å²) in [5, 5.41) is 10.1. The van der Waals surface area contributed by atoms with Crippen LogP contribution in [0, 0.1) is 13.8 Å². The van der Waals surface area contributed by atoms with Crippen molar-refractivity contribution in [2.75, 3.05) is 5.32 Å². The Morgan fingerprint density at radius 1 is 1.00 bits per heavy atom. The van der Waals surface area contributed by atoms with Gasteiger partial charge in [0.15, 0.2) is 0 Å². The molecule has 0 radical (unpaired) electrons. The van der Waals surface area contributed by atoms with Gasteiger partial charge in [-0.3, -0.25) is 14.3 Å². The lowest BCUT2D eigenvalue weighted by atomic mass is 10.1. The molecule has 0 bridgehead atoms. The highest BCUT2D eigenvalue weighted by atomic mass is 16.2. The van der Waals surface area contributed by atoms with Crippen molar-refractivity contribution in [2.45, 2.75) is 33.9 Å². The number of aromatic nitrogens is 2. The van der Waals surface area contributed by atoms with Crippen molar-refractivity contribution < 1.29 is 9.59 Å². The fourth-order valence-electron chi connectivity index (χ4n) is 3.02. The Hall–Kier alpha value is -3.41. The molecule has 2 N–H and O–H groups in total. The molecule has 0 aliphatic rings. The first-order chi connectivity index (χ1) is 13.4. The van der Waals surface area contributed by atoms with E-state index >= 15 is 0 Å². The van der Waals surface area contributed by atoms with Gasteiger partial charge < -0.3 is 10.6 Å². The maximum atomic E-state index is 12.4. The molecule has 6 heteroatoms. The van der Waals surface area contributed by atoms with E-state index in [1.807, 2.05) is 73.1 Å². The maximum Gasteiger partial charge on any atom is 0.251 e. The molecule has 0 fully saturated rings. The Kier molecular flexibility index (Phi) is 5.89. The van der Waals surface area contributed by atoms with Crippen LogP contribution >= 0.6 is 0 Å². The molecule has 0 aliphatic heterocycles. The lowest BCUT2D eigenvalue weighted by molar-refractivity contribution is -0.114. The first-order valence-corrected chi connectivity index (χ1v) is 9.15. The van der Waals surface area contributed by atoms with Crippen LogP contribution in [0.25, 0.3) is 0 Å². The van der Waals surface area contributed by atoms with Crippen molar-refractivity contribution in [2.24, 2.45) is 0 Å². The number of amides is 2. The van der Waals surface area contributed by atoms with Crippen molar-refractivity contribution in [1.82, 2.24) is 15.1 Å². The van der Waals surface area contributed by atoms with Crippen LogP contribution in [0.1, 0.15) is 39.8 Å².